The Labute approximate surface area is 149 Å². The lowest BCUT2D eigenvalue weighted by molar-refractivity contribution is -0.166. The minimum absolute atomic E-state index is 0.0232. The number of hydrogen-bond acceptors (Lipinski definition) is 4. The zero-order chi connectivity index (χ0) is 18.8. The van der Waals surface area contributed by atoms with Crippen LogP contribution in [0.5, 0.6) is 0 Å². The van der Waals surface area contributed by atoms with E-state index in [9.17, 15) is 9.59 Å². The molecule has 1 aromatic carbocycles. The summed E-state index contributed by atoms with van der Waals surface area (Å²) < 4.78 is 5.67. The molecule has 4 N–H and O–H groups in total. The predicted molar refractivity (Wildman–Crippen MR) is 99.3 cm³/mol. The van der Waals surface area contributed by atoms with Crippen molar-refractivity contribution in [1.29, 1.82) is 0 Å². The fourth-order valence-corrected chi connectivity index (χ4v) is 3.02. The summed E-state index contributed by atoms with van der Waals surface area (Å²) in [7, 11) is 0. The fraction of sp³-hybridized carbons (Fsp3) is 0.579. The molecule has 1 aliphatic carbocycles. The summed E-state index contributed by atoms with van der Waals surface area (Å²) >= 11 is 0. The molecule has 0 saturated heterocycles. The van der Waals surface area contributed by atoms with Crippen molar-refractivity contribution in [3.63, 3.8) is 0 Å². The lowest BCUT2D eigenvalue weighted by atomic mass is 9.54. The van der Waals surface area contributed by atoms with E-state index >= 15 is 0 Å². The van der Waals surface area contributed by atoms with Crippen LogP contribution in [0.4, 0.5) is 11.4 Å². The molecule has 0 aromatic heterocycles. The summed E-state index contributed by atoms with van der Waals surface area (Å²) in [6.07, 6.45) is 0.466. The Morgan fingerprint density at radius 2 is 1.88 bits per heavy atom. The van der Waals surface area contributed by atoms with Crippen molar-refractivity contribution in [3.05, 3.63) is 24.3 Å². The molecule has 1 fully saturated rings. The maximum absolute atomic E-state index is 12.7. The summed E-state index contributed by atoms with van der Waals surface area (Å²) in [5.74, 6) is -0.420. The number of hydrogen-bond donors (Lipinski definition) is 3. The Hall–Kier alpha value is -1.92. The summed E-state index contributed by atoms with van der Waals surface area (Å²) in [5, 5.41) is 5.69. The average Bonchev–Trinajstić information content (AvgIpc) is 2.54. The highest BCUT2D eigenvalue weighted by Crippen LogP contribution is 2.50. The monoisotopic (exact) mass is 347 g/mol. The van der Waals surface area contributed by atoms with Crippen molar-refractivity contribution in [1.82, 2.24) is 0 Å². The molecule has 6 heteroatoms. The molecule has 0 radical (unpaired) electrons. The maximum Gasteiger partial charge on any atom is 0.245 e. The van der Waals surface area contributed by atoms with E-state index in [0.717, 1.165) is 0 Å². The van der Waals surface area contributed by atoms with Gasteiger partial charge in [0.05, 0.1) is 6.10 Å². The lowest BCUT2D eigenvalue weighted by Crippen LogP contribution is -2.74. The third-order valence-electron chi connectivity index (χ3n) is 5.15. The minimum Gasteiger partial charge on any atom is -0.378 e. The van der Waals surface area contributed by atoms with Gasteiger partial charge in [-0.2, -0.15) is 0 Å². The Bertz CT molecular complexity index is 657. The first-order valence-electron chi connectivity index (χ1n) is 8.74. The van der Waals surface area contributed by atoms with Crippen LogP contribution < -0.4 is 16.4 Å². The molecule has 138 valence electrons. The van der Waals surface area contributed by atoms with Gasteiger partial charge in [0.15, 0.2) is 0 Å². The SMILES string of the molecule is CCOC1CC(N)(C(=O)Nc2cccc(NC(=O)C(C)C)c2)C1(C)C. The van der Waals surface area contributed by atoms with E-state index in [1.165, 1.54) is 0 Å². The van der Waals surface area contributed by atoms with E-state index < -0.39 is 11.0 Å². The third kappa shape index (κ3) is 3.70. The van der Waals surface area contributed by atoms with Crippen LogP contribution in [-0.2, 0) is 14.3 Å². The van der Waals surface area contributed by atoms with Gasteiger partial charge in [0.2, 0.25) is 11.8 Å². The first kappa shape index (κ1) is 19.4. The number of carbonyl (C=O) groups is 2. The lowest BCUT2D eigenvalue weighted by Gasteiger charge is -2.57. The Morgan fingerprint density at radius 1 is 1.28 bits per heavy atom. The van der Waals surface area contributed by atoms with Gasteiger partial charge in [-0.15, -0.1) is 0 Å². The highest BCUT2D eigenvalue weighted by atomic mass is 16.5. The number of amides is 2. The van der Waals surface area contributed by atoms with Crippen LogP contribution in [0, 0.1) is 11.3 Å². The molecule has 0 heterocycles. The van der Waals surface area contributed by atoms with E-state index in [4.69, 9.17) is 10.5 Å². The third-order valence-corrected chi connectivity index (χ3v) is 5.15. The van der Waals surface area contributed by atoms with Crippen molar-refractivity contribution in [2.24, 2.45) is 17.1 Å². The number of carbonyl (C=O) groups excluding carboxylic acids is 2. The number of anilines is 2. The molecule has 0 aliphatic heterocycles. The molecule has 1 aromatic rings. The van der Waals surface area contributed by atoms with Gasteiger partial charge in [-0.25, -0.2) is 0 Å². The Balaban J connectivity index is 2.07. The van der Waals surface area contributed by atoms with E-state index in [0.29, 0.717) is 24.4 Å². The smallest absolute Gasteiger partial charge is 0.245 e. The highest BCUT2D eigenvalue weighted by molar-refractivity contribution is 6.00. The van der Waals surface area contributed by atoms with Gasteiger partial charge in [-0.05, 0) is 25.1 Å². The van der Waals surface area contributed by atoms with Crippen LogP contribution >= 0.6 is 0 Å². The van der Waals surface area contributed by atoms with E-state index in [1.54, 1.807) is 24.3 Å². The fourth-order valence-electron chi connectivity index (χ4n) is 3.02. The van der Waals surface area contributed by atoms with Crippen molar-refractivity contribution >= 4 is 23.2 Å². The van der Waals surface area contributed by atoms with Gasteiger partial charge in [-0.3, -0.25) is 9.59 Å². The first-order valence-corrected chi connectivity index (χ1v) is 8.74. The second-order valence-corrected chi connectivity index (χ2v) is 7.52. The molecule has 2 rings (SSSR count). The quantitative estimate of drug-likeness (QED) is 0.737. The van der Waals surface area contributed by atoms with Crippen LogP contribution in [0.3, 0.4) is 0 Å². The number of nitrogens with two attached hydrogens (primary N) is 1. The molecule has 1 saturated carbocycles. The number of ether oxygens (including phenoxy) is 1. The van der Waals surface area contributed by atoms with Crippen LogP contribution in [-0.4, -0.2) is 30.1 Å². The minimum atomic E-state index is -0.982. The second kappa shape index (κ2) is 7.14. The van der Waals surface area contributed by atoms with Crippen LogP contribution in [0.15, 0.2) is 24.3 Å². The summed E-state index contributed by atoms with van der Waals surface area (Å²) in [5.41, 5.74) is 6.20. The van der Waals surface area contributed by atoms with E-state index in [-0.39, 0.29) is 23.8 Å². The molecular formula is C19H29N3O3. The van der Waals surface area contributed by atoms with Gasteiger partial charge in [0, 0.05) is 35.7 Å². The molecular weight excluding hydrogens is 318 g/mol. The zero-order valence-corrected chi connectivity index (χ0v) is 15.7. The van der Waals surface area contributed by atoms with Gasteiger partial charge in [0.25, 0.3) is 0 Å². The van der Waals surface area contributed by atoms with Gasteiger partial charge >= 0.3 is 0 Å². The highest BCUT2D eigenvalue weighted by Gasteiger charge is 2.62. The molecule has 2 amide bonds. The Kier molecular flexibility index (Phi) is 5.54. The summed E-state index contributed by atoms with van der Waals surface area (Å²) in [4.78, 5) is 24.6. The normalized spacial score (nSPS) is 24.5. The van der Waals surface area contributed by atoms with Crippen molar-refractivity contribution in [3.8, 4) is 0 Å². The maximum atomic E-state index is 12.7. The number of nitrogens with one attached hydrogen (secondary N) is 2. The zero-order valence-electron chi connectivity index (χ0n) is 15.7. The molecule has 0 spiro atoms. The first-order chi connectivity index (χ1) is 11.6. The number of benzene rings is 1. The Morgan fingerprint density at radius 3 is 2.40 bits per heavy atom. The van der Waals surface area contributed by atoms with Gasteiger partial charge in [-0.1, -0.05) is 33.8 Å². The van der Waals surface area contributed by atoms with Crippen LogP contribution in [0.25, 0.3) is 0 Å². The summed E-state index contributed by atoms with van der Waals surface area (Å²) in [6, 6.07) is 7.07. The largest absolute Gasteiger partial charge is 0.378 e. The van der Waals surface area contributed by atoms with Crippen molar-refractivity contribution < 1.29 is 14.3 Å². The van der Waals surface area contributed by atoms with E-state index in [2.05, 4.69) is 10.6 Å². The number of rotatable bonds is 6. The van der Waals surface area contributed by atoms with Gasteiger partial charge in [0.1, 0.15) is 5.54 Å². The molecule has 0 bridgehead atoms. The molecule has 1 aliphatic rings. The molecule has 25 heavy (non-hydrogen) atoms. The van der Waals surface area contributed by atoms with Gasteiger partial charge < -0.3 is 21.1 Å². The van der Waals surface area contributed by atoms with Crippen LogP contribution in [0.1, 0.15) is 41.0 Å². The molecule has 6 nitrogen and oxygen atoms in total. The van der Waals surface area contributed by atoms with E-state index in [1.807, 2.05) is 34.6 Å². The summed E-state index contributed by atoms with van der Waals surface area (Å²) in [6.45, 7) is 10.1. The van der Waals surface area contributed by atoms with Crippen molar-refractivity contribution in [2.45, 2.75) is 52.7 Å². The van der Waals surface area contributed by atoms with Crippen molar-refractivity contribution in [2.75, 3.05) is 17.2 Å². The second-order valence-electron chi connectivity index (χ2n) is 7.52. The standard InChI is InChI=1S/C19H29N3O3/c1-6-25-15-11-19(20,18(15,4)5)17(24)22-14-9-7-8-13(10-14)21-16(23)12(2)3/h7-10,12,15H,6,11,20H2,1-5H3,(H,21,23)(H,22,24). The topological polar surface area (TPSA) is 93.4 Å². The predicted octanol–water partition coefficient (Wildman–Crippen LogP) is 2.75. The average molecular weight is 347 g/mol. The molecule has 2 atom stereocenters. The molecule has 2 unspecified atom stereocenters. The van der Waals surface area contributed by atoms with Crippen LogP contribution in [0.2, 0.25) is 0 Å².